The zero-order valence-electron chi connectivity index (χ0n) is 21.7. The molecule has 1 aromatic carbocycles. The fraction of sp³-hybridized carbons (Fsp3) is 0.654. The predicted molar refractivity (Wildman–Crippen MR) is 132 cm³/mol. The molecule has 0 unspecified atom stereocenters. The first kappa shape index (κ1) is 27.1. The van der Waals surface area contributed by atoms with Crippen LogP contribution in [0.15, 0.2) is 18.3 Å². The number of aryl methyl sites for hydroxylation is 1. The molecule has 0 radical (unpaired) electrons. The molecule has 1 aromatic heterocycles. The number of nitrogens with zero attached hydrogens (tertiary/aromatic N) is 5. The van der Waals surface area contributed by atoms with E-state index in [9.17, 15) is 23.8 Å². The normalized spacial score (nSPS) is 29.4. The van der Waals surface area contributed by atoms with Crippen LogP contribution >= 0.6 is 0 Å². The van der Waals surface area contributed by atoms with Gasteiger partial charge in [-0.25, -0.2) is 13.5 Å². The van der Waals surface area contributed by atoms with Crippen LogP contribution < -0.4 is 0 Å². The van der Waals surface area contributed by atoms with Gasteiger partial charge in [0, 0.05) is 25.3 Å². The summed E-state index contributed by atoms with van der Waals surface area (Å²) in [5.41, 5.74) is 0.220. The summed E-state index contributed by atoms with van der Waals surface area (Å²) in [4.78, 5) is 16.7. The Morgan fingerprint density at radius 2 is 1.92 bits per heavy atom. The molecule has 0 spiro atoms. The molecule has 0 bridgehead atoms. The number of hydrogen-bond acceptors (Lipinski definition) is 8. The second-order valence-electron chi connectivity index (χ2n) is 10.5. The number of carbonyl (C=O) groups excluding carboxylic acids is 1. The van der Waals surface area contributed by atoms with E-state index >= 15 is 0 Å². The molecule has 12 heteroatoms. The van der Waals surface area contributed by atoms with E-state index in [-0.39, 0.29) is 35.3 Å². The Bertz CT molecular complexity index is 1140. The number of aliphatic hydroxyl groups excluding tert-OH is 2. The molecule has 3 fully saturated rings. The van der Waals surface area contributed by atoms with E-state index in [0.29, 0.717) is 13.2 Å². The minimum Gasteiger partial charge on any atom is -0.394 e. The molecule has 2 aromatic rings. The van der Waals surface area contributed by atoms with Crippen LogP contribution in [0.2, 0.25) is 0 Å². The number of carbonyl (C=O) groups is 1. The van der Waals surface area contributed by atoms with E-state index in [1.54, 1.807) is 0 Å². The highest BCUT2D eigenvalue weighted by Gasteiger charge is 2.48. The van der Waals surface area contributed by atoms with Crippen LogP contribution in [0.5, 0.6) is 0 Å². The van der Waals surface area contributed by atoms with Gasteiger partial charge in [-0.05, 0) is 31.4 Å². The summed E-state index contributed by atoms with van der Waals surface area (Å²) in [6.45, 7) is 2.11. The second kappa shape index (κ2) is 11.3. The third kappa shape index (κ3) is 5.07. The van der Waals surface area contributed by atoms with Crippen molar-refractivity contribution in [3.8, 4) is 11.3 Å². The van der Waals surface area contributed by atoms with E-state index in [2.05, 4.69) is 10.3 Å². The summed E-state index contributed by atoms with van der Waals surface area (Å²) in [5, 5.41) is 29.1. The van der Waals surface area contributed by atoms with Gasteiger partial charge in [0.2, 0.25) is 5.91 Å². The number of rotatable bonds is 7. The molecule has 38 heavy (non-hydrogen) atoms. The van der Waals surface area contributed by atoms with Gasteiger partial charge in [0.05, 0.1) is 32.1 Å². The molecular formula is C26H35F2N5O5. The van der Waals surface area contributed by atoms with Crippen LogP contribution in [0.25, 0.3) is 11.3 Å². The van der Waals surface area contributed by atoms with Crippen LogP contribution in [0, 0.1) is 18.6 Å². The van der Waals surface area contributed by atoms with E-state index in [4.69, 9.17) is 9.47 Å². The second-order valence-corrected chi connectivity index (χ2v) is 10.5. The summed E-state index contributed by atoms with van der Waals surface area (Å²) in [7, 11) is 1.48. The summed E-state index contributed by atoms with van der Waals surface area (Å²) in [6.07, 6.45) is 3.43. The minimum absolute atomic E-state index is 0.0523. The number of amides is 1. The predicted octanol–water partition coefficient (Wildman–Crippen LogP) is 1.64. The number of ether oxygens (including phenoxy) is 2. The Morgan fingerprint density at radius 3 is 2.63 bits per heavy atom. The Balaban J connectivity index is 1.37. The van der Waals surface area contributed by atoms with Gasteiger partial charge < -0.3 is 24.6 Å². The summed E-state index contributed by atoms with van der Waals surface area (Å²) < 4.78 is 42.0. The SMILES string of the molecule is CO[C@@H]1[C@@H](n2cc(-c3ccc(C)c(F)c3F)nn2)[C@@H](O)[C@@H](CO)O[C@@H]1CN1CC(=O)N(C2CCCCC2)C1. The lowest BCUT2D eigenvalue weighted by Gasteiger charge is -2.44. The Hall–Kier alpha value is -2.51. The first-order valence-corrected chi connectivity index (χ1v) is 13.2. The highest BCUT2D eigenvalue weighted by Crippen LogP contribution is 2.34. The van der Waals surface area contributed by atoms with Gasteiger partial charge >= 0.3 is 0 Å². The maximum absolute atomic E-state index is 14.6. The third-order valence-electron chi connectivity index (χ3n) is 8.09. The lowest BCUT2D eigenvalue weighted by Crippen LogP contribution is -2.59. The molecule has 5 rings (SSSR count). The van der Waals surface area contributed by atoms with Crippen molar-refractivity contribution >= 4 is 5.91 Å². The molecule has 1 amide bonds. The van der Waals surface area contributed by atoms with Crippen molar-refractivity contribution in [2.75, 3.05) is 33.5 Å². The van der Waals surface area contributed by atoms with Crippen LogP contribution in [0.4, 0.5) is 8.78 Å². The Kier molecular flexibility index (Phi) is 8.06. The molecule has 208 valence electrons. The highest BCUT2D eigenvalue weighted by atomic mass is 19.2. The summed E-state index contributed by atoms with van der Waals surface area (Å²) in [6, 6.07) is 2.31. The smallest absolute Gasteiger partial charge is 0.238 e. The van der Waals surface area contributed by atoms with Gasteiger partial charge in [-0.15, -0.1) is 5.10 Å². The summed E-state index contributed by atoms with van der Waals surface area (Å²) >= 11 is 0. The van der Waals surface area contributed by atoms with Crippen molar-refractivity contribution in [1.82, 2.24) is 24.8 Å². The maximum atomic E-state index is 14.6. The van der Waals surface area contributed by atoms with Crippen molar-refractivity contribution in [2.24, 2.45) is 0 Å². The fourth-order valence-corrected chi connectivity index (χ4v) is 6.02. The zero-order chi connectivity index (χ0) is 27.0. The van der Waals surface area contributed by atoms with Crippen molar-refractivity contribution in [3.05, 3.63) is 35.5 Å². The van der Waals surface area contributed by atoms with Gasteiger partial charge in [0.1, 0.15) is 30.0 Å². The number of aliphatic hydroxyl groups is 2. The molecule has 2 N–H and O–H groups in total. The maximum Gasteiger partial charge on any atom is 0.238 e. The van der Waals surface area contributed by atoms with Gasteiger partial charge in [0.15, 0.2) is 11.6 Å². The number of benzene rings is 1. The first-order valence-electron chi connectivity index (χ1n) is 13.2. The molecule has 1 aliphatic carbocycles. The van der Waals surface area contributed by atoms with E-state index in [1.807, 2.05) is 9.80 Å². The number of methoxy groups -OCH3 is 1. The molecule has 2 saturated heterocycles. The molecule has 2 aliphatic heterocycles. The number of halogens is 2. The largest absolute Gasteiger partial charge is 0.394 e. The van der Waals surface area contributed by atoms with Crippen molar-refractivity contribution in [1.29, 1.82) is 0 Å². The molecule has 3 heterocycles. The monoisotopic (exact) mass is 535 g/mol. The van der Waals surface area contributed by atoms with Crippen LogP contribution in [-0.2, 0) is 14.3 Å². The van der Waals surface area contributed by atoms with E-state index in [1.165, 1.54) is 43.5 Å². The molecule has 10 nitrogen and oxygen atoms in total. The van der Waals surface area contributed by atoms with Gasteiger partial charge in [-0.3, -0.25) is 9.69 Å². The third-order valence-corrected chi connectivity index (χ3v) is 8.09. The van der Waals surface area contributed by atoms with Crippen LogP contribution in [-0.4, -0.2) is 105 Å². The zero-order valence-corrected chi connectivity index (χ0v) is 21.7. The minimum atomic E-state index is -1.21. The number of aromatic nitrogens is 3. The lowest BCUT2D eigenvalue weighted by atomic mass is 9.92. The molecule has 3 aliphatic rings. The first-order chi connectivity index (χ1) is 18.3. The topological polar surface area (TPSA) is 113 Å². The molecule has 1 saturated carbocycles. The highest BCUT2D eigenvalue weighted by molar-refractivity contribution is 5.80. The van der Waals surface area contributed by atoms with Gasteiger partial charge in [0.25, 0.3) is 0 Å². The Morgan fingerprint density at radius 1 is 1.16 bits per heavy atom. The van der Waals surface area contributed by atoms with E-state index in [0.717, 1.165) is 25.7 Å². The van der Waals surface area contributed by atoms with Crippen molar-refractivity contribution < 1.29 is 33.3 Å². The van der Waals surface area contributed by atoms with Crippen molar-refractivity contribution in [3.63, 3.8) is 0 Å². The van der Waals surface area contributed by atoms with Crippen LogP contribution in [0.3, 0.4) is 0 Å². The van der Waals surface area contributed by atoms with Gasteiger partial charge in [-0.1, -0.05) is 30.5 Å². The quantitative estimate of drug-likeness (QED) is 0.551. The van der Waals surface area contributed by atoms with Gasteiger partial charge in [-0.2, -0.15) is 0 Å². The fourth-order valence-electron chi connectivity index (χ4n) is 6.02. The van der Waals surface area contributed by atoms with Crippen LogP contribution in [0.1, 0.15) is 43.7 Å². The average Bonchev–Trinajstić information content (AvgIpc) is 3.55. The number of hydrogen-bond donors (Lipinski definition) is 2. The Labute approximate surface area is 220 Å². The molecular weight excluding hydrogens is 500 g/mol. The summed E-state index contributed by atoms with van der Waals surface area (Å²) in [5.74, 6) is -1.90. The average molecular weight is 536 g/mol. The molecule has 5 atom stereocenters. The van der Waals surface area contributed by atoms with Crippen molar-refractivity contribution in [2.45, 2.75) is 75.5 Å². The standard InChI is InChI=1S/C26H35F2N5O5/c1-15-8-9-17(23(28)22(15)27)18-10-33(30-29-18)24-25(36)20(13-34)38-19(26(24)37-2)11-31-12-21(35)32(14-31)16-6-4-3-5-7-16/h8-10,16,19-20,24-26,34,36H,3-7,11-14H2,1-2H3/t19-,20-,24+,25+,26+/m1/s1. The lowest BCUT2D eigenvalue weighted by molar-refractivity contribution is -0.216. The van der Waals surface area contributed by atoms with E-state index < -0.39 is 48.7 Å².